The topological polar surface area (TPSA) is 79.9 Å². The van der Waals surface area contributed by atoms with E-state index in [2.05, 4.69) is 20.3 Å². The fraction of sp³-hybridized carbons (Fsp3) is 0.0952. The summed E-state index contributed by atoms with van der Waals surface area (Å²) in [6.07, 6.45) is 4.84. The third-order valence-electron chi connectivity index (χ3n) is 4.36. The zero-order valence-electron chi connectivity index (χ0n) is 14.7. The van der Waals surface area contributed by atoms with Crippen LogP contribution in [0.1, 0.15) is 22.0 Å². The van der Waals surface area contributed by atoms with E-state index in [9.17, 15) is 4.79 Å². The Morgan fingerprint density at radius 1 is 1.07 bits per heavy atom. The van der Waals surface area contributed by atoms with Crippen molar-refractivity contribution < 1.29 is 9.53 Å². The molecule has 0 saturated carbocycles. The Morgan fingerprint density at radius 3 is 2.67 bits per heavy atom. The van der Waals surface area contributed by atoms with Gasteiger partial charge in [0.25, 0.3) is 0 Å². The van der Waals surface area contributed by atoms with Crippen LogP contribution < -0.4 is 10.1 Å². The summed E-state index contributed by atoms with van der Waals surface area (Å²) >= 11 is 0. The minimum Gasteiger partial charge on any atom is -0.480 e. The summed E-state index contributed by atoms with van der Waals surface area (Å²) in [5, 5.41) is 4.10. The lowest BCUT2D eigenvalue weighted by Gasteiger charge is -2.18. The van der Waals surface area contributed by atoms with Crippen LogP contribution in [0.3, 0.4) is 0 Å². The first-order valence-electron chi connectivity index (χ1n) is 8.54. The summed E-state index contributed by atoms with van der Waals surface area (Å²) in [5.74, 6) is 0.797. The quantitative estimate of drug-likeness (QED) is 0.509. The second kappa shape index (κ2) is 7.29. The Morgan fingerprint density at radius 2 is 1.85 bits per heavy atom. The molecule has 1 atom stereocenters. The number of H-pyrrole nitrogens is 1. The van der Waals surface area contributed by atoms with E-state index in [-0.39, 0.29) is 5.78 Å². The molecule has 27 heavy (non-hydrogen) atoms. The van der Waals surface area contributed by atoms with Gasteiger partial charge in [0.05, 0.1) is 19.5 Å². The van der Waals surface area contributed by atoms with Gasteiger partial charge in [0.15, 0.2) is 5.78 Å². The Balaban J connectivity index is 1.74. The number of rotatable bonds is 6. The third kappa shape index (κ3) is 3.37. The van der Waals surface area contributed by atoms with Gasteiger partial charge in [-0.15, -0.1) is 0 Å². The fourth-order valence-corrected chi connectivity index (χ4v) is 3.04. The Bertz CT molecular complexity index is 1080. The smallest absolute Gasteiger partial charge is 0.233 e. The summed E-state index contributed by atoms with van der Waals surface area (Å²) in [6, 6.07) is 16.7. The number of carbonyl (C=O) groups excluding carboxylic acids is 1. The van der Waals surface area contributed by atoms with Crippen molar-refractivity contribution in [1.82, 2.24) is 15.0 Å². The van der Waals surface area contributed by atoms with E-state index in [1.54, 1.807) is 12.4 Å². The van der Waals surface area contributed by atoms with Crippen molar-refractivity contribution >= 4 is 22.5 Å². The number of nitrogens with one attached hydrogen (secondary N) is 2. The molecule has 0 saturated heterocycles. The van der Waals surface area contributed by atoms with Crippen molar-refractivity contribution in [3.05, 3.63) is 84.3 Å². The van der Waals surface area contributed by atoms with Gasteiger partial charge in [-0.3, -0.25) is 9.78 Å². The molecule has 1 unspecified atom stereocenters. The average Bonchev–Trinajstić information content (AvgIpc) is 3.16. The lowest BCUT2D eigenvalue weighted by Crippen LogP contribution is -2.22. The van der Waals surface area contributed by atoms with Gasteiger partial charge < -0.3 is 15.0 Å². The molecule has 6 heteroatoms. The highest BCUT2D eigenvalue weighted by atomic mass is 16.5. The van der Waals surface area contributed by atoms with Crippen LogP contribution in [-0.2, 0) is 0 Å². The number of methoxy groups -OCH3 is 1. The number of benzene rings is 2. The van der Waals surface area contributed by atoms with E-state index in [0.717, 1.165) is 16.5 Å². The molecule has 2 heterocycles. The molecular formula is C21H18N4O2. The SMILES string of the molecule is COc1cncc(NC(C(=O)c2c[nH]c3ccccc23)c2ccccc2)n1. The third-order valence-corrected chi connectivity index (χ3v) is 4.36. The molecule has 0 fully saturated rings. The summed E-state index contributed by atoms with van der Waals surface area (Å²) in [5.41, 5.74) is 2.40. The van der Waals surface area contributed by atoms with E-state index in [1.165, 1.54) is 13.3 Å². The molecule has 2 N–H and O–H groups in total. The zero-order chi connectivity index (χ0) is 18.6. The van der Waals surface area contributed by atoms with Crippen molar-refractivity contribution in [2.24, 2.45) is 0 Å². The lowest BCUT2D eigenvalue weighted by molar-refractivity contribution is 0.0971. The number of anilines is 1. The molecular weight excluding hydrogens is 340 g/mol. The first-order chi connectivity index (χ1) is 13.3. The van der Waals surface area contributed by atoms with Crippen LogP contribution in [0.25, 0.3) is 10.9 Å². The first kappa shape index (κ1) is 16.8. The molecule has 0 aliphatic carbocycles. The highest BCUT2D eigenvalue weighted by molar-refractivity contribution is 6.11. The highest BCUT2D eigenvalue weighted by Crippen LogP contribution is 2.27. The average molecular weight is 358 g/mol. The number of ether oxygens (including phenoxy) is 1. The van der Waals surface area contributed by atoms with Crippen LogP contribution in [0, 0.1) is 0 Å². The number of fused-ring (bicyclic) bond motifs is 1. The first-order valence-corrected chi connectivity index (χ1v) is 8.54. The van der Waals surface area contributed by atoms with E-state index < -0.39 is 6.04 Å². The number of hydrogen-bond acceptors (Lipinski definition) is 5. The van der Waals surface area contributed by atoms with E-state index >= 15 is 0 Å². The van der Waals surface area contributed by atoms with Crippen LogP contribution >= 0.6 is 0 Å². The van der Waals surface area contributed by atoms with Crippen molar-refractivity contribution in [2.45, 2.75) is 6.04 Å². The monoisotopic (exact) mass is 358 g/mol. The van der Waals surface area contributed by atoms with Crippen LogP contribution in [0.15, 0.2) is 73.2 Å². The number of nitrogens with zero attached hydrogens (tertiary/aromatic N) is 2. The van der Waals surface area contributed by atoms with Crippen molar-refractivity contribution in [2.75, 3.05) is 12.4 Å². The second-order valence-electron chi connectivity index (χ2n) is 6.05. The number of Topliss-reactive ketones (excluding diaryl/α,β-unsaturated/α-hetero) is 1. The highest BCUT2D eigenvalue weighted by Gasteiger charge is 2.25. The predicted molar refractivity (Wildman–Crippen MR) is 104 cm³/mol. The molecule has 4 aromatic rings. The van der Waals surface area contributed by atoms with Gasteiger partial charge in [-0.25, -0.2) is 0 Å². The zero-order valence-corrected chi connectivity index (χ0v) is 14.7. The maximum Gasteiger partial charge on any atom is 0.233 e. The van der Waals surface area contributed by atoms with Crippen LogP contribution in [-0.4, -0.2) is 27.8 Å². The molecule has 0 amide bonds. The molecule has 2 aromatic carbocycles. The van der Waals surface area contributed by atoms with Crippen LogP contribution in [0.5, 0.6) is 5.88 Å². The summed E-state index contributed by atoms with van der Waals surface area (Å²) in [4.78, 5) is 25.0. The van der Waals surface area contributed by atoms with Gasteiger partial charge in [0.1, 0.15) is 11.9 Å². The number of carbonyl (C=O) groups is 1. The standard InChI is InChI=1S/C21H18N4O2/c1-27-19-13-22-12-18(24-19)25-20(14-7-3-2-4-8-14)21(26)16-11-23-17-10-6-5-9-15(16)17/h2-13,20,23H,1H3,(H,24,25). The van der Waals surface area contributed by atoms with Gasteiger partial charge in [0.2, 0.25) is 5.88 Å². The van der Waals surface area contributed by atoms with Crippen molar-refractivity contribution in [1.29, 1.82) is 0 Å². The van der Waals surface area contributed by atoms with Gasteiger partial charge in [0, 0.05) is 22.7 Å². The Kier molecular flexibility index (Phi) is 4.53. The number of hydrogen-bond donors (Lipinski definition) is 2. The maximum atomic E-state index is 13.4. The molecule has 134 valence electrons. The van der Waals surface area contributed by atoms with Gasteiger partial charge in [-0.1, -0.05) is 48.5 Å². The molecule has 2 aromatic heterocycles. The van der Waals surface area contributed by atoms with Crippen LogP contribution in [0.2, 0.25) is 0 Å². The van der Waals surface area contributed by atoms with Crippen LogP contribution in [0.4, 0.5) is 5.82 Å². The number of ketones is 1. The molecule has 0 bridgehead atoms. The summed E-state index contributed by atoms with van der Waals surface area (Å²) in [7, 11) is 1.53. The maximum absolute atomic E-state index is 13.4. The lowest BCUT2D eigenvalue weighted by atomic mass is 9.97. The minimum atomic E-state index is -0.605. The largest absolute Gasteiger partial charge is 0.480 e. The van der Waals surface area contributed by atoms with Gasteiger partial charge >= 0.3 is 0 Å². The second-order valence-corrected chi connectivity index (χ2v) is 6.05. The Hall–Kier alpha value is -3.67. The summed E-state index contributed by atoms with van der Waals surface area (Å²) < 4.78 is 5.13. The summed E-state index contributed by atoms with van der Waals surface area (Å²) in [6.45, 7) is 0. The van der Waals surface area contributed by atoms with E-state index in [4.69, 9.17) is 4.74 Å². The molecule has 0 radical (unpaired) electrons. The van der Waals surface area contributed by atoms with Crippen molar-refractivity contribution in [3.63, 3.8) is 0 Å². The van der Waals surface area contributed by atoms with E-state index in [1.807, 2.05) is 54.6 Å². The molecule has 4 rings (SSSR count). The van der Waals surface area contributed by atoms with E-state index in [0.29, 0.717) is 17.3 Å². The van der Waals surface area contributed by atoms with Crippen molar-refractivity contribution in [3.8, 4) is 5.88 Å². The number of aromatic nitrogens is 3. The predicted octanol–water partition coefficient (Wildman–Crippen LogP) is 4.00. The molecule has 0 aliphatic rings. The fourth-order valence-electron chi connectivity index (χ4n) is 3.04. The number of aromatic amines is 1. The normalized spacial score (nSPS) is 11.9. The molecule has 0 aliphatic heterocycles. The minimum absolute atomic E-state index is 0.0525. The molecule has 0 spiro atoms. The van der Waals surface area contributed by atoms with Gasteiger partial charge in [-0.05, 0) is 11.6 Å². The number of para-hydroxylation sites is 1. The molecule has 6 nitrogen and oxygen atoms in total. The Labute approximate surface area is 156 Å². The van der Waals surface area contributed by atoms with Gasteiger partial charge in [-0.2, -0.15) is 4.98 Å².